The maximum absolute atomic E-state index is 9.36. The minimum Gasteiger partial charge on any atom is -0.475 e. The summed E-state index contributed by atoms with van der Waals surface area (Å²) in [5, 5.41) is 12.6. The Morgan fingerprint density at radius 3 is 2.82 bits per heavy atom. The molecule has 2 rings (SSSR count). The molecule has 1 saturated carbocycles. The van der Waals surface area contributed by atoms with E-state index in [9.17, 15) is 5.11 Å². The number of rotatable bonds is 5. The van der Waals surface area contributed by atoms with Crippen molar-refractivity contribution >= 4 is 5.95 Å². The van der Waals surface area contributed by atoms with Gasteiger partial charge in [0.25, 0.3) is 0 Å². The second-order valence-corrected chi connectivity index (χ2v) is 4.80. The highest BCUT2D eigenvalue weighted by molar-refractivity contribution is 5.33. The summed E-state index contributed by atoms with van der Waals surface area (Å²) in [6.45, 7) is 4.03. The van der Waals surface area contributed by atoms with Crippen molar-refractivity contribution in [1.29, 1.82) is 0 Å². The summed E-state index contributed by atoms with van der Waals surface area (Å²) in [6.07, 6.45) is 4.81. The number of aliphatic hydroxyl groups is 1. The number of aliphatic hydroxyl groups excluding tert-OH is 1. The molecule has 5 nitrogen and oxygen atoms in total. The number of nitrogens with one attached hydrogen (secondary N) is 1. The van der Waals surface area contributed by atoms with Gasteiger partial charge in [-0.3, -0.25) is 0 Å². The Morgan fingerprint density at radius 1 is 1.53 bits per heavy atom. The fourth-order valence-corrected chi connectivity index (χ4v) is 1.87. The van der Waals surface area contributed by atoms with Crippen LogP contribution in [0.25, 0.3) is 0 Å². The van der Waals surface area contributed by atoms with Crippen LogP contribution in [0.4, 0.5) is 5.95 Å². The Bertz CT molecular complexity index is 372. The van der Waals surface area contributed by atoms with Gasteiger partial charge >= 0.3 is 0 Å². The van der Waals surface area contributed by atoms with Gasteiger partial charge in [-0.15, -0.1) is 0 Å². The van der Waals surface area contributed by atoms with Gasteiger partial charge in [0.05, 0.1) is 18.2 Å². The van der Waals surface area contributed by atoms with Crippen molar-refractivity contribution in [3.63, 3.8) is 0 Å². The van der Waals surface area contributed by atoms with Crippen molar-refractivity contribution in [2.24, 2.45) is 0 Å². The molecule has 0 unspecified atom stereocenters. The second kappa shape index (κ2) is 4.87. The maximum atomic E-state index is 9.36. The topological polar surface area (TPSA) is 67.3 Å². The van der Waals surface area contributed by atoms with Crippen LogP contribution in [-0.4, -0.2) is 33.3 Å². The first kappa shape index (κ1) is 12.1. The fraction of sp³-hybridized carbons (Fsp3) is 0.667. The molecule has 1 fully saturated rings. The van der Waals surface area contributed by atoms with Crippen LogP contribution >= 0.6 is 0 Å². The van der Waals surface area contributed by atoms with E-state index in [0.717, 1.165) is 19.3 Å². The van der Waals surface area contributed by atoms with Crippen LogP contribution in [0.2, 0.25) is 0 Å². The summed E-state index contributed by atoms with van der Waals surface area (Å²) in [5.41, 5.74) is -0.226. The first-order valence-electron chi connectivity index (χ1n) is 6.02. The fourth-order valence-electron chi connectivity index (χ4n) is 1.87. The van der Waals surface area contributed by atoms with Crippen molar-refractivity contribution in [3.05, 3.63) is 12.3 Å². The number of anilines is 1. The quantitative estimate of drug-likeness (QED) is 0.814. The summed E-state index contributed by atoms with van der Waals surface area (Å²) in [4.78, 5) is 8.42. The summed E-state index contributed by atoms with van der Waals surface area (Å²) in [7, 11) is 0. The molecule has 0 spiro atoms. The molecule has 0 radical (unpaired) electrons. The molecule has 1 aliphatic rings. The highest BCUT2D eigenvalue weighted by atomic mass is 16.5. The number of hydrogen-bond donors (Lipinski definition) is 2. The third-order valence-corrected chi connectivity index (χ3v) is 2.98. The van der Waals surface area contributed by atoms with Crippen LogP contribution in [0.3, 0.4) is 0 Å². The van der Waals surface area contributed by atoms with Gasteiger partial charge in [-0.2, -0.15) is 4.98 Å². The van der Waals surface area contributed by atoms with Crippen LogP contribution in [0, 0.1) is 0 Å². The SMILES string of the molecule is CC(C)Oc1ccnc(NC2(CO)CCC2)n1. The summed E-state index contributed by atoms with van der Waals surface area (Å²) in [5.74, 6) is 1.09. The molecule has 1 heterocycles. The highest BCUT2D eigenvalue weighted by Crippen LogP contribution is 2.34. The van der Waals surface area contributed by atoms with Crippen molar-refractivity contribution < 1.29 is 9.84 Å². The Labute approximate surface area is 101 Å². The normalized spacial score (nSPS) is 17.6. The second-order valence-electron chi connectivity index (χ2n) is 4.80. The average Bonchev–Trinajstić information content (AvgIpc) is 2.23. The summed E-state index contributed by atoms with van der Waals surface area (Å²) >= 11 is 0. The lowest BCUT2D eigenvalue weighted by Crippen LogP contribution is -2.48. The molecule has 1 aromatic rings. The van der Waals surface area contributed by atoms with Crippen LogP contribution in [0.1, 0.15) is 33.1 Å². The van der Waals surface area contributed by atoms with Crippen LogP contribution in [-0.2, 0) is 0 Å². The molecule has 17 heavy (non-hydrogen) atoms. The molecule has 0 atom stereocenters. The molecule has 0 bridgehead atoms. The smallest absolute Gasteiger partial charge is 0.226 e. The third kappa shape index (κ3) is 2.85. The lowest BCUT2D eigenvalue weighted by molar-refractivity contribution is 0.143. The van der Waals surface area contributed by atoms with Gasteiger partial charge in [0.15, 0.2) is 0 Å². The van der Waals surface area contributed by atoms with Crippen LogP contribution < -0.4 is 10.1 Å². The molecule has 0 amide bonds. The first-order valence-corrected chi connectivity index (χ1v) is 6.02. The highest BCUT2D eigenvalue weighted by Gasteiger charge is 2.36. The van der Waals surface area contributed by atoms with E-state index >= 15 is 0 Å². The number of nitrogens with zero attached hydrogens (tertiary/aromatic N) is 2. The van der Waals surface area contributed by atoms with Gasteiger partial charge < -0.3 is 15.2 Å². The minimum atomic E-state index is -0.226. The lowest BCUT2D eigenvalue weighted by Gasteiger charge is -2.40. The Kier molecular flexibility index (Phi) is 3.47. The first-order chi connectivity index (χ1) is 8.13. The zero-order valence-electron chi connectivity index (χ0n) is 10.3. The van der Waals surface area contributed by atoms with E-state index in [2.05, 4.69) is 15.3 Å². The van der Waals surface area contributed by atoms with E-state index in [1.165, 1.54) is 0 Å². The van der Waals surface area contributed by atoms with Gasteiger partial charge in [0.2, 0.25) is 11.8 Å². The molecule has 5 heteroatoms. The molecule has 94 valence electrons. The Morgan fingerprint density at radius 2 is 2.29 bits per heavy atom. The van der Waals surface area contributed by atoms with Gasteiger partial charge in [-0.1, -0.05) is 0 Å². The van der Waals surface area contributed by atoms with Gasteiger partial charge in [0.1, 0.15) is 0 Å². The minimum absolute atomic E-state index is 0.0910. The van der Waals surface area contributed by atoms with Gasteiger partial charge in [0, 0.05) is 12.3 Å². The average molecular weight is 237 g/mol. The molecule has 2 N–H and O–H groups in total. The zero-order valence-corrected chi connectivity index (χ0v) is 10.3. The molecule has 0 aliphatic heterocycles. The summed E-state index contributed by atoms with van der Waals surface area (Å²) < 4.78 is 5.50. The predicted molar refractivity (Wildman–Crippen MR) is 65.1 cm³/mol. The number of ether oxygens (including phenoxy) is 1. The van der Waals surface area contributed by atoms with E-state index in [1.54, 1.807) is 12.3 Å². The van der Waals surface area contributed by atoms with Crippen LogP contribution in [0.5, 0.6) is 5.88 Å². The maximum Gasteiger partial charge on any atom is 0.226 e. The molecule has 0 saturated heterocycles. The monoisotopic (exact) mass is 237 g/mol. The van der Waals surface area contributed by atoms with Crippen molar-refractivity contribution in [1.82, 2.24) is 9.97 Å². The van der Waals surface area contributed by atoms with E-state index in [4.69, 9.17) is 4.74 Å². The largest absolute Gasteiger partial charge is 0.475 e. The summed E-state index contributed by atoms with van der Waals surface area (Å²) in [6, 6.07) is 1.73. The number of hydrogen-bond acceptors (Lipinski definition) is 5. The molecule has 1 aliphatic carbocycles. The van der Waals surface area contributed by atoms with Crippen molar-refractivity contribution in [2.45, 2.75) is 44.8 Å². The molecule has 1 aromatic heterocycles. The lowest BCUT2D eigenvalue weighted by atomic mass is 9.77. The standard InChI is InChI=1S/C12H19N3O2/c1-9(2)17-10-4-7-13-11(14-10)15-12(8-16)5-3-6-12/h4,7,9,16H,3,5-6,8H2,1-2H3,(H,13,14,15). The van der Waals surface area contributed by atoms with Crippen molar-refractivity contribution in [2.75, 3.05) is 11.9 Å². The zero-order chi connectivity index (χ0) is 12.3. The third-order valence-electron chi connectivity index (χ3n) is 2.98. The Balaban J connectivity index is 2.05. The molecule has 0 aromatic carbocycles. The van der Waals surface area contributed by atoms with Crippen molar-refractivity contribution in [3.8, 4) is 5.88 Å². The van der Waals surface area contributed by atoms with E-state index < -0.39 is 0 Å². The molecular weight excluding hydrogens is 218 g/mol. The molecular formula is C12H19N3O2. The van der Waals surface area contributed by atoms with Gasteiger partial charge in [-0.05, 0) is 33.1 Å². The van der Waals surface area contributed by atoms with Crippen LogP contribution in [0.15, 0.2) is 12.3 Å². The van der Waals surface area contributed by atoms with E-state index in [0.29, 0.717) is 11.8 Å². The number of aromatic nitrogens is 2. The van der Waals surface area contributed by atoms with Gasteiger partial charge in [-0.25, -0.2) is 4.98 Å². The predicted octanol–water partition coefficient (Wildman–Crippen LogP) is 1.59. The Hall–Kier alpha value is -1.36. The van der Waals surface area contributed by atoms with E-state index in [1.807, 2.05) is 13.8 Å². The van der Waals surface area contributed by atoms with E-state index in [-0.39, 0.29) is 18.2 Å².